The zero-order chi connectivity index (χ0) is 15.9. The average Bonchev–Trinajstić information content (AvgIpc) is 3.02. The Morgan fingerprint density at radius 1 is 1.45 bits per heavy atom. The van der Waals surface area contributed by atoms with Gasteiger partial charge in [-0.2, -0.15) is 0 Å². The average molecular weight is 317 g/mol. The molecule has 2 N–H and O–H groups in total. The summed E-state index contributed by atoms with van der Waals surface area (Å²) in [6.07, 6.45) is 4.57. The van der Waals surface area contributed by atoms with E-state index in [1.807, 2.05) is 35.2 Å². The molecule has 1 saturated heterocycles. The smallest absolute Gasteiger partial charge is 0.240 e. The molecule has 0 aliphatic carbocycles. The third-order valence-electron chi connectivity index (χ3n) is 4.38. The minimum absolute atomic E-state index is 0.0769. The SMILES string of the molecule is C[C](CCC=S)C1CCCN1C(=O)C(N)Cc1ccccc1. The molecule has 3 nitrogen and oxygen atoms in total. The van der Waals surface area contributed by atoms with Gasteiger partial charge in [-0.3, -0.25) is 4.79 Å². The van der Waals surface area contributed by atoms with E-state index in [0.29, 0.717) is 6.42 Å². The number of nitrogens with two attached hydrogens (primary N) is 1. The number of rotatable bonds is 7. The van der Waals surface area contributed by atoms with Crippen molar-refractivity contribution >= 4 is 23.5 Å². The monoisotopic (exact) mass is 317 g/mol. The Morgan fingerprint density at radius 3 is 2.86 bits per heavy atom. The van der Waals surface area contributed by atoms with Crippen molar-refractivity contribution in [2.75, 3.05) is 6.54 Å². The van der Waals surface area contributed by atoms with Crippen LogP contribution in [0, 0.1) is 5.92 Å². The summed E-state index contributed by atoms with van der Waals surface area (Å²) in [6, 6.07) is 9.76. The van der Waals surface area contributed by atoms with Crippen LogP contribution in [-0.4, -0.2) is 34.8 Å². The van der Waals surface area contributed by atoms with Gasteiger partial charge in [-0.25, -0.2) is 0 Å². The molecular weight excluding hydrogens is 292 g/mol. The Morgan fingerprint density at radius 2 is 2.18 bits per heavy atom. The van der Waals surface area contributed by atoms with E-state index in [-0.39, 0.29) is 11.9 Å². The second kappa shape index (κ2) is 8.39. The number of hydrogen-bond acceptors (Lipinski definition) is 3. The molecule has 1 aliphatic rings. The Labute approximate surface area is 138 Å². The van der Waals surface area contributed by atoms with Gasteiger partial charge in [0, 0.05) is 12.6 Å². The van der Waals surface area contributed by atoms with E-state index < -0.39 is 6.04 Å². The highest BCUT2D eigenvalue weighted by Gasteiger charge is 2.34. The van der Waals surface area contributed by atoms with Crippen LogP contribution in [0.25, 0.3) is 0 Å². The molecule has 1 aliphatic heterocycles. The predicted molar refractivity (Wildman–Crippen MR) is 94.7 cm³/mol. The lowest BCUT2D eigenvalue weighted by atomic mass is 9.94. The summed E-state index contributed by atoms with van der Waals surface area (Å²) in [6.45, 7) is 2.96. The number of thiocarbonyl (C=S) groups is 1. The van der Waals surface area contributed by atoms with Gasteiger partial charge >= 0.3 is 0 Å². The summed E-state index contributed by atoms with van der Waals surface area (Å²) < 4.78 is 0. The molecule has 1 aromatic carbocycles. The third-order valence-corrected chi connectivity index (χ3v) is 4.61. The zero-order valence-corrected chi connectivity index (χ0v) is 14.0. The molecule has 0 saturated carbocycles. The topological polar surface area (TPSA) is 46.3 Å². The van der Waals surface area contributed by atoms with Crippen LogP contribution in [0.2, 0.25) is 0 Å². The zero-order valence-electron chi connectivity index (χ0n) is 13.2. The van der Waals surface area contributed by atoms with E-state index in [1.165, 1.54) is 5.92 Å². The van der Waals surface area contributed by atoms with Crippen molar-refractivity contribution in [2.45, 2.75) is 51.1 Å². The fourth-order valence-corrected chi connectivity index (χ4v) is 3.28. The molecule has 1 fully saturated rings. The highest BCUT2D eigenvalue weighted by molar-refractivity contribution is 7.78. The molecule has 4 heteroatoms. The Kier molecular flexibility index (Phi) is 6.52. The molecule has 1 aromatic rings. The van der Waals surface area contributed by atoms with Gasteiger partial charge in [-0.1, -0.05) is 49.5 Å². The fraction of sp³-hybridized carbons (Fsp3) is 0.500. The van der Waals surface area contributed by atoms with Gasteiger partial charge in [-0.05, 0) is 49.0 Å². The van der Waals surface area contributed by atoms with Crippen LogP contribution in [0.4, 0.5) is 0 Å². The molecule has 0 aromatic heterocycles. The van der Waals surface area contributed by atoms with Gasteiger partial charge in [0.2, 0.25) is 5.91 Å². The quantitative estimate of drug-likeness (QED) is 0.787. The molecule has 119 valence electrons. The fourth-order valence-electron chi connectivity index (χ4n) is 3.16. The summed E-state index contributed by atoms with van der Waals surface area (Å²) in [7, 11) is 0. The van der Waals surface area contributed by atoms with Crippen molar-refractivity contribution in [3.63, 3.8) is 0 Å². The van der Waals surface area contributed by atoms with E-state index in [9.17, 15) is 4.79 Å². The summed E-state index contributed by atoms with van der Waals surface area (Å²) in [5.74, 6) is 1.42. The predicted octanol–water partition coefficient (Wildman–Crippen LogP) is 2.92. The van der Waals surface area contributed by atoms with Gasteiger partial charge in [0.25, 0.3) is 0 Å². The van der Waals surface area contributed by atoms with Gasteiger partial charge in [-0.15, -0.1) is 0 Å². The van der Waals surface area contributed by atoms with Crippen LogP contribution in [0.5, 0.6) is 0 Å². The van der Waals surface area contributed by atoms with Crippen molar-refractivity contribution in [3.05, 3.63) is 41.8 Å². The van der Waals surface area contributed by atoms with Crippen LogP contribution < -0.4 is 5.73 Å². The summed E-state index contributed by atoms with van der Waals surface area (Å²) in [5, 5.41) is 1.77. The standard InChI is InChI=1S/C18H25N2OS/c1-14(7-6-12-22)17-10-5-11-20(17)18(21)16(19)13-15-8-3-2-4-9-15/h2-4,8-9,12,16-17H,5-7,10-11,13,19H2,1H3. The maximum absolute atomic E-state index is 12.7. The first-order valence-electron chi connectivity index (χ1n) is 7.99. The van der Waals surface area contributed by atoms with Gasteiger partial charge in [0.05, 0.1) is 6.04 Å². The van der Waals surface area contributed by atoms with Gasteiger partial charge in [0.15, 0.2) is 0 Å². The first kappa shape index (κ1) is 17.1. The molecular formula is C18H25N2OS. The molecule has 2 atom stereocenters. The number of hydrogen-bond donors (Lipinski definition) is 1. The van der Waals surface area contributed by atoms with Crippen molar-refractivity contribution in [2.24, 2.45) is 5.73 Å². The molecule has 1 amide bonds. The second-order valence-corrected chi connectivity index (χ2v) is 6.37. The highest BCUT2D eigenvalue weighted by atomic mass is 32.1. The van der Waals surface area contributed by atoms with Crippen LogP contribution in [-0.2, 0) is 11.2 Å². The largest absolute Gasteiger partial charge is 0.338 e. The van der Waals surface area contributed by atoms with Crippen LogP contribution >= 0.6 is 12.2 Å². The van der Waals surface area contributed by atoms with Crippen molar-refractivity contribution < 1.29 is 4.79 Å². The minimum Gasteiger partial charge on any atom is -0.338 e. The second-order valence-electron chi connectivity index (χ2n) is 6.04. The van der Waals surface area contributed by atoms with Gasteiger partial charge in [0.1, 0.15) is 0 Å². The summed E-state index contributed by atoms with van der Waals surface area (Å²) in [4.78, 5) is 14.7. The summed E-state index contributed by atoms with van der Waals surface area (Å²) in [5.41, 5.74) is 7.28. The molecule has 2 unspecified atom stereocenters. The molecule has 0 bridgehead atoms. The lowest BCUT2D eigenvalue weighted by molar-refractivity contribution is -0.133. The molecule has 0 spiro atoms. The van der Waals surface area contributed by atoms with E-state index >= 15 is 0 Å². The Bertz CT molecular complexity index is 491. The number of carbonyl (C=O) groups is 1. The van der Waals surface area contributed by atoms with Crippen LogP contribution in [0.15, 0.2) is 30.3 Å². The minimum atomic E-state index is -0.457. The molecule has 1 heterocycles. The normalized spacial score (nSPS) is 19.4. The summed E-state index contributed by atoms with van der Waals surface area (Å²) >= 11 is 4.90. The van der Waals surface area contributed by atoms with E-state index in [0.717, 1.165) is 37.8 Å². The van der Waals surface area contributed by atoms with Crippen LogP contribution in [0.1, 0.15) is 38.2 Å². The molecule has 1 radical (unpaired) electrons. The lowest BCUT2D eigenvalue weighted by Gasteiger charge is -2.31. The van der Waals surface area contributed by atoms with E-state index in [2.05, 4.69) is 6.92 Å². The molecule has 22 heavy (non-hydrogen) atoms. The van der Waals surface area contributed by atoms with Crippen LogP contribution in [0.3, 0.4) is 0 Å². The maximum atomic E-state index is 12.7. The van der Waals surface area contributed by atoms with Gasteiger partial charge < -0.3 is 10.6 Å². The van der Waals surface area contributed by atoms with E-state index in [4.69, 9.17) is 18.0 Å². The Hall–Kier alpha value is -1.26. The van der Waals surface area contributed by atoms with E-state index in [1.54, 1.807) is 5.37 Å². The lowest BCUT2D eigenvalue weighted by Crippen LogP contribution is -2.48. The first-order valence-corrected chi connectivity index (χ1v) is 8.46. The van der Waals surface area contributed by atoms with Crippen molar-refractivity contribution in [1.82, 2.24) is 4.90 Å². The number of nitrogens with zero attached hydrogens (tertiary/aromatic N) is 1. The van der Waals surface area contributed by atoms with Crippen molar-refractivity contribution in [1.29, 1.82) is 0 Å². The maximum Gasteiger partial charge on any atom is 0.240 e. The number of amides is 1. The Balaban J connectivity index is 1.96. The number of carbonyl (C=O) groups excluding carboxylic acids is 1. The third kappa shape index (κ3) is 4.37. The van der Waals surface area contributed by atoms with Crippen molar-refractivity contribution in [3.8, 4) is 0 Å². The number of benzene rings is 1. The highest BCUT2D eigenvalue weighted by Crippen LogP contribution is 2.28. The first-order chi connectivity index (χ1) is 10.6. The molecule has 2 rings (SSSR count). The number of likely N-dealkylation sites (tertiary alicyclic amines) is 1.